The predicted molar refractivity (Wildman–Crippen MR) is 120 cm³/mol. The molecule has 4 aromatic rings. The number of aromatic nitrogens is 1. The second-order valence-corrected chi connectivity index (χ2v) is 7.26. The zero-order valence-corrected chi connectivity index (χ0v) is 17.1. The number of carbonyl (C=O) groups excluding carboxylic acids is 1. The molecule has 0 fully saturated rings. The van der Waals surface area contributed by atoms with Gasteiger partial charge in [0.2, 0.25) is 5.89 Å². The maximum atomic E-state index is 12.4. The number of halogens is 1. The third-order valence-electron chi connectivity index (χ3n) is 4.64. The molecule has 0 saturated carbocycles. The summed E-state index contributed by atoms with van der Waals surface area (Å²) in [6, 6.07) is 22.3. The maximum Gasteiger partial charge on any atom is 0.255 e. The molecule has 0 aliphatic rings. The maximum absolute atomic E-state index is 12.4. The van der Waals surface area contributed by atoms with E-state index in [1.165, 1.54) is 0 Å². The van der Waals surface area contributed by atoms with Crippen molar-refractivity contribution < 1.29 is 9.21 Å². The van der Waals surface area contributed by atoms with Gasteiger partial charge in [-0.15, -0.1) is 0 Å². The van der Waals surface area contributed by atoms with E-state index >= 15 is 0 Å². The molecule has 2 N–H and O–H groups in total. The predicted octanol–water partition coefficient (Wildman–Crippen LogP) is 6.17. The lowest BCUT2D eigenvalue weighted by Crippen LogP contribution is -2.12. The lowest BCUT2D eigenvalue weighted by atomic mass is 10.1. The minimum atomic E-state index is -0.147. The van der Waals surface area contributed by atoms with Gasteiger partial charge in [-0.25, -0.2) is 4.98 Å². The van der Waals surface area contributed by atoms with E-state index in [0.717, 1.165) is 16.8 Å². The lowest BCUT2D eigenvalue weighted by Gasteiger charge is -2.11. The van der Waals surface area contributed by atoms with Crippen molar-refractivity contribution in [2.45, 2.75) is 13.5 Å². The lowest BCUT2D eigenvalue weighted by molar-refractivity contribution is 0.102. The van der Waals surface area contributed by atoms with Crippen LogP contribution in [0, 0.1) is 6.92 Å². The number of aryl methyl sites for hydroxylation is 1. The molecule has 30 heavy (non-hydrogen) atoms. The van der Waals surface area contributed by atoms with Crippen LogP contribution in [0.3, 0.4) is 0 Å². The smallest absolute Gasteiger partial charge is 0.255 e. The molecule has 150 valence electrons. The highest BCUT2D eigenvalue weighted by Crippen LogP contribution is 2.24. The van der Waals surface area contributed by atoms with Crippen LogP contribution < -0.4 is 10.6 Å². The molecule has 0 radical (unpaired) electrons. The molecule has 0 unspecified atom stereocenters. The first-order valence-electron chi connectivity index (χ1n) is 9.50. The number of hydrogen-bond donors (Lipinski definition) is 2. The van der Waals surface area contributed by atoms with Gasteiger partial charge < -0.3 is 15.1 Å². The van der Waals surface area contributed by atoms with Gasteiger partial charge in [0.1, 0.15) is 0 Å². The highest BCUT2D eigenvalue weighted by molar-refractivity contribution is 6.30. The van der Waals surface area contributed by atoms with E-state index in [-0.39, 0.29) is 5.91 Å². The van der Waals surface area contributed by atoms with E-state index in [0.29, 0.717) is 34.5 Å². The summed E-state index contributed by atoms with van der Waals surface area (Å²) in [6.07, 6.45) is 1.70. The first-order valence-corrected chi connectivity index (χ1v) is 9.88. The van der Waals surface area contributed by atoms with Crippen molar-refractivity contribution in [1.29, 1.82) is 0 Å². The summed E-state index contributed by atoms with van der Waals surface area (Å²) < 4.78 is 5.84. The number of nitrogens with one attached hydrogen (secondary N) is 2. The zero-order chi connectivity index (χ0) is 20.9. The molecule has 3 aromatic carbocycles. The molecular weight excluding hydrogens is 398 g/mol. The molecule has 0 saturated heterocycles. The minimum absolute atomic E-state index is 0.147. The largest absolute Gasteiger partial charge is 0.439 e. The molecule has 4 rings (SSSR count). The van der Waals surface area contributed by atoms with Crippen LogP contribution in [0.1, 0.15) is 21.8 Å². The van der Waals surface area contributed by atoms with Gasteiger partial charge in [-0.1, -0.05) is 35.9 Å². The number of nitrogens with zero attached hydrogens (tertiary/aromatic N) is 1. The van der Waals surface area contributed by atoms with Gasteiger partial charge in [0.05, 0.1) is 12.7 Å². The van der Waals surface area contributed by atoms with E-state index in [2.05, 4.69) is 15.6 Å². The molecular formula is C24H20ClN3O2. The third kappa shape index (κ3) is 4.70. The summed E-state index contributed by atoms with van der Waals surface area (Å²) in [5, 5.41) is 6.93. The molecule has 1 amide bonds. The molecule has 1 heterocycles. The zero-order valence-electron chi connectivity index (χ0n) is 16.4. The van der Waals surface area contributed by atoms with Gasteiger partial charge in [0.25, 0.3) is 5.91 Å². The van der Waals surface area contributed by atoms with Crippen LogP contribution in [-0.4, -0.2) is 10.9 Å². The van der Waals surface area contributed by atoms with Crippen LogP contribution in [0.15, 0.2) is 83.4 Å². The van der Waals surface area contributed by atoms with E-state index in [1.54, 1.807) is 18.3 Å². The Hall–Kier alpha value is -3.57. The molecule has 0 spiro atoms. The fourth-order valence-electron chi connectivity index (χ4n) is 2.99. The highest BCUT2D eigenvalue weighted by atomic mass is 35.5. The van der Waals surface area contributed by atoms with Crippen molar-refractivity contribution in [3.8, 4) is 11.3 Å². The van der Waals surface area contributed by atoms with E-state index < -0.39 is 0 Å². The second-order valence-electron chi connectivity index (χ2n) is 6.83. The quantitative estimate of drug-likeness (QED) is 0.393. The fourth-order valence-corrected chi connectivity index (χ4v) is 3.12. The number of hydrogen-bond acceptors (Lipinski definition) is 4. The fraction of sp³-hybridized carbons (Fsp3) is 0.0833. The number of benzene rings is 3. The Balaban J connectivity index is 1.43. The number of oxazole rings is 1. The van der Waals surface area contributed by atoms with Crippen molar-refractivity contribution in [2.75, 3.05) is 10.6 Å². The summed E-state index contributed by atoms with van der Waals surface area (Å²) >= 11 is 5.93. The Kier molecular flexibility index (Phi) is 5.82. The second kappa shape index (κ2) is 8.84. The minimum Gasteiger partial charge on any atom is -0.439 e. The number of rotatable bonds is 6. The topological polar surface area (TPSA) is 67.2 Å². The van der Waals surface area contributed by atoms with E-state index in [9.17, 15) is 4.79 Å². The average Bonchev–Trinajstić information content (AvgIpc) is 3.24. The Morgan fingerprint density at radius 3 is 2.57 bits per heavy atom. The number of carbonyl (C=O) groups is 1. The molecule has 0 aliphatic carbocycles. The third-order valence-corrected chi connectivity index (χ3v) is 4.90. The van der Waals surface area contributed by atoms with Crippen LogP contribution in [0.25, 0.3) is 11.3 Å². The Morgan fingerprint density at radius 2 is 1.80 bits per heavy atom. The standard InChI is InChI=1S/C24H20ClN3O2/c1-16-7-12-20(28-24(29)18-5-3-2-4-6-18)13-21(16)26-15-23-27-14-22(30-23)17-8-10-19(25)11-9-17/h2-14,26H,15H2,1H3,(H,28,29). The van der Waals surface area contributed by atoms with Gasteiger partial charge in [-0.2, -0.15) is 0 Å². The Morgan fingerprint density at radius 1 is 1.03 bits per heavy atom. The molecule has 6 heteroatoms. The summed E-state index contributed by atoms with van der Waals surface area (Å²) in [7, 11) is 0. The average molecular weight is 418 g/mol. The summed E-state index contributed by atoms with van der Waals surface area (Å²) in [5.41, 5.74) is 4.19. The van der Waals surface area contributed by atoms with Crippen molar-refractivity contribution in [3.05, 3.63) is 101 Å². The number of amides is 1. The Labute approximate surface area is 179 Å². The molecule has 0 atom stereocenters. The van der Waals surface area contributed by atoms with E-state index in [4.69, 9.17) is 16.0 Å². The monoisotopic (exact) mass is 417 g/mol. The molecule has 0 aliphatic heterocycles. The first-order chi connectivity index (χ1) is 14.6. The van der Waals surface area contributed by atoms with Crippen LogP contribution >= 0.6 is 11.6 Å². The van der Waals surface area contributed by atoms with Crippen molar-refractivity contribution in [3.63, 3.8) is 0 Å². The SMILES string of the molecule is Cc1ccc(NC(=O)c2ccccc2)cc1NCc1ncc(-c2ccc(Cl)cc2)o1. The summed E-state index contributed by atoms with van der Waals surface area (Å²) in [5.74, 6) is 1.10. The molecule has 0 bridgehead atoms. The first kappa shape index (κ1) is 19.7. The van der Waals surface area contributed by atoms with Gasteiger partial charge in [-0.05, 0) is 61.0 Å². The number of anilines is 2. The Bertz CT molecular complexity index is 1150. The van der Waals surface area contributed by atoms with Gasteiger partial charge >= 0.3 is 0 Å². The van der Waals surface area contributed by atoms with Crippen molar-refractivity contribution in [2.24, 2.45) is 0 Å². The summed E-state index contributed by atoms with van der Waals surface area (Å²) in [6.45, 7) is 2.42. The van der Waals surface area contributed by atoms with Gasteiger partial charge in [-0.3, -0.25) is 4.79 Å². The van der Waals surface area contributed by atoms with Gasteiger partial charge in [0, 0.05) is 27.5 Å². The molecule has 1 aromatic heterocycles. The summed E-state index contributed by atoms with van der Waals surface area (Å²) in [4.78, 5) is 16.7. The van der Waals surface area contributed by atoms with Crippen LogP contribution in [-0.2, 0) is 6.54 Å². The highest BCUT2D eigenvalue weighted by Gasteiger charge is 2.09. The van der Waals surface area contributed by atoms with Crippen LogP contribution in [0.4, 0.5) is 11.4 Å². The van der Waals surface area contributed by atoms with Crippen molar-refractivity contribution >= 4 is 28.9 Å². The van der Waals surface area contributed by atoms with Crippen molar-refractivity contribution in [1.82, 2.24) is 4.98 Å². The van der Waals surface area contributed by atoms with Gasteiger partial charge in [0.15, 0.2) is 5.76 Å². The van der Waals surface area contributed by atoms with Crippen LogP contribution in [0.2, 0.25) is 5.02 Å². The van der Waals surface area contributed by atoms with E-state index in [1.807, 2.05) is 67.6 Å². The van der Waals surface area contributed by atoms with Crippen LogP contribution in [0.5, 0.6) is 0 Å². The molecule has 5 nitrogen and oxygen atoms in total. The normalized spacial score (nSPS) is 10.6.